The minimum Gasteiger partial charge on any atom is -0.493 e. The van der Waals surface area contributed by atoms with Crippen LogP contribution >= 0.6 is 0 Å². The van der Waals surface area contributed by atoms with E-state index in [9.17, 15) is 13.2 Å². The van der Waals surface area contributed by atoms with Gasteiger partial charge in [-0.05, 0) is 25.1 Å². The van der Waals surface area contributed by atoms with Crippen molar-refractivity contribution in [3.05, 3.63) is 23.8 Å². The van der Waals surface area contributed by atoms with Crippen molar-refractivity contribution in [2.75, 3.05) is 44.9 Å². The molecule has 1 aromatic carbocycles. The Labute approximate surface area is 136 Å². The molecule has 0 aliphatic carbocycles. The number of nitrogens with zero attached hydrogens (tertiary/aromatic N) is 1. The maximum Gasteiger partial charge on any atom is 0.257 e. The largest absolute Gasteiger partial charge is 0.493 e. The van der Waals surface area contributed by atoms with Gasteiger partial charge in [0.2, 0.25) is 0 Å². The number of sulfone groups is 1. The van der Waals surface area contributed by atoms with Gasteiger partial charge in [-0.15, -0.1) is 0 Å². The minimum atomic E-state index is -3.04. The molecule has 1 amide bonds. The molecule has 0 bridgehead atoms. The zero-order valence-electron chi connectivity index (χ0n) is 13.2. The molecular weight excluding hydrogens is 320 g/mol. The monoisotopic (exact) mass is 342 g/mol. The van der Waals surface area contributed by atoms with Crippen molar-refractivity contribution in [1.29, 1.82) is 0 Å². The fourth-order valence-electron chi connectivity index (χ4n) is 2.34. The highest BCUT2D eigenvalue weighted by atomic mass is 32.2. The number of ether oxygens (including phenoxy) is 2. The van der Waals surface area contributed by atoms with Crippen LogP contribution in [-0.4, -0.2) is 64.1 Å². The first-order valence-electron chi connectivity index (χ1n) is 7.48. The maximum absolute atomic E-state index is 12.7. The third-order valence-electron chi connectivity index (χ3n) is 3.66. The molecule has 23 heavy (non-hydrogen) atoms. The van der Waals surface area contributed by atoms with E-state index in [0.29, 0.717) is 36.6 Å². The van der Waals surface area contributed by atoms with Crippen molar-refractivity contribution >= 4 is 15.7 Å². The van der Waals surface area contributed by atoms with E-state index in [1.54, 1.807) is 18.2 Å². The van der Waals surface area contributed by atoms with E-state index in [1.807, 2.05) is 0 Å². The Morgan fingerprint density at radius 3 is 2.61 bits per heavy atom. The summed E-state index contributed by atoms with van der Waals surface area (Å²) in [7, 11) is -1.53. The molecule has 7 nitrogen and oxygen atoms in total. The number of rotatable bonds is 6. The lowest BCUT2D eigenvalue weighted by molar-refractivity contribution is 0.0765. The predicted octanol–water partition coefficient (Wildman–Crippen LogP) is 0.293. The zero-order chi connectivity index (χ0) is 16.9. The zero-order valence-corrected chi connectivity index (χ0v) is 14.0. The molecule has 2 rings (SSSR count). The van der Waals surface area contributed by atoms with Gasteiger partial charge >= 0.3 is 0 Å². The molecule has 0 atom stereocenters. The van der Waals surface area contributed by atoms with Gasteiger partial charge in [-0.2, -0.15) is 0 Å². The summed E-state index contributed by atoms with van der Waals surface area (Å²) in [6.45, 7) is 1.26. The summed E-state index contributed by atoms with van der Waals surface area (Å²) in [5, 5.41) is 0. The van der Waals surface area contributed by atoms with Crippen molar-refractivity contribution in [2.45, 2.75) is 6.42 Å². The molecule has 1 aliphatic rings. The Morgan fingerprint density at radius 2 is 2.00 bits per heavy atom. The fourth-order valence-corrected chi connectivity index (χ4v) is 3.54. The highest BCUT2D eigenvalue weighted by Gasteiger charge is 2.28. The van der Waals surface area contributed by atoms with Gasteiger partial charge in [0.15, 0.2) is 21.3 Å². The van der Waals surface area contributed by atoms with Crippen LogP contribution in [-0.2, 0) is 9.84 Å². The number of carbonyl (C=O) groups excluding carboxylic acids is 1. The lowest BCUT2D eigenvalue weighted by Crippen LogP contribution is -2.43. The van der Waals surface area contributed by atoms with E-state index in [-0.39, 0.29) is 30.5 Å². The van der Waals surface area contributed by atoms with Crippen LogP contribution in [0.25, 0.3) is 0 Å². The van der Waals surface area contributed by atoms with Gasteiger partial charge in [0, 0.05) is 13.1 Å². The standard InChI is InChI=1S/C15H22N2O5S/c1-21-13-5-2-4-12(14(13)22-9-3-6-16)15(18)17-7-10-23(19,20)11-8-17/h2,4-5H,3,6-11,16H2,1H3. The van der Waals surface area contributed by atoms with E-state index in [1.165, 1.54) is 12.0 Å². The van der Waals surface area contributed by atoms with Crippen LogP contribution in [0.15, 0.2) is 18.2 Å². The van der Waals surface area contributed by atoms with Crippen LogP contribution in [0.4, 0.5) is 0 Å². The molecule has 0 saturated carbocycles. The Hall–Kier alpha value is -1.80. The molecule has 1 heterocycles. The molecule has 1 saturated heterocycles. The number of benzene rings is 1. The van der Waals surface area contributed by atoms with Crippen LogP contribution in [0.1, 0.15) is 16.8 Å². The van der Waals surface area contributed by atoms with E-state index in [4.69, 9.17) is 15.2 Å². The highest BCUT2D eigenvalue weighted by molar-refractivity contribution is 7.91. The van der Waals surface area contributed by atoms with E-state index in [0.717, 1.165) is 0 Å². The minimum absolute atomic E-state index is 0.00786. The number of hydrogen-bond donors (Lipinski definition) is 1. The van der Waals surface area contributed by atoms with Crippen LogP contribution in [0.2, 0.25) is 0 Å². The average molecular weight is 342 g/mol. The second-order valence-electron chi connectivity index (χ2n) is 5.27. The molecule has 0 radical (unpaired) electrons. The number of hydrogen-bond acceptors (Lipinski definition) is 6. The van der Waals surface area contributed by atoms with E-state index < -0.39 is 9.84 Å². The summed E-state index contributed by atoms with van der Waals surface area (Å²) in [5.41, 5.74) is 5.84. The Bertz CT molecular complexity index is 646. The quantitative estimate of drug-likeness (QED) is 0.746. The first-order valence-corrected chi connectivity index (χ1v) is 9.30. The molecule has 2 N–H and O–H groups in total. The number of methoxy groups -OCH3 is 1. The van der Waals surface area contributed by atoms with Crippen molar-refractivity contribution in [2.24, 2.45) is 5.73 Å². The van der Waals surface area contributed by atoms with Gasteiger partial charge in [0.1, 0.15) is 0 Å². The number of para-hydroxylation sites is 1. The number of carbonyl (C=O) groups is 1. The SMILES string of the molecule is COc1cccc(C(=O)N2CCS(=O)(=O)CC2)c1OCCCN. The summed E-state index contributed by atoms with van der Waals surface area (Å²) in [5.74, 6) is 0.582. The van der Waals surface area contributed by atoms with Crippen molar-refractivity contribution in [1.82, 2.24) is 4.90 Å². The van der Waals surface area contributed by atoms with Crippen molar-refractivity contribution in [3.63, 3.8) is 0 Å². The van der Waals surface area contributed by atoms with Gasteiger partial charge in [0.25, 0.3) is 5.91 Å². The second kappa shape index (κ2) is 7.65. The summed E-state index contributed by atoms with van der Waals surface area (Å²) in [4.78, 5) is 14.2. The topological polar surface area (TPSA) is 98.9 Å². The molecule has 1 aliphatic heterocycles. The summed E-state index contributed by atoms with van der Waals surface area (Å²) < 4.78 is 34.0. The number of nitrogens with two attached hydrogens (primary N) is 1. The molecule has 1 fully saturated rings. The van der Waals surface area contributed by atoms with Crippen LogP contribution in [0.3, 0.4) is 0 Å². The second-order valence-corrected chi connectivity index (χ2v) is 7.58. The summed E-state index contributed by atoms with van der Waals surface area (Å²) in [6, 6.07) is 5.09. The molecule has 0 aromatic heterocycles. The first kappa shape index (κ1) is 17.6. The van der Waals surface area contributed by atoms with Crippen LogP contribution < -0.4 is 15.2 Å². The van der Waals surface area contributed by atoms with Gasteiger partial charge in [-0.3, -0.25) is 4.79 Å². The van der Waals surface area contributed by atoms with Crippen LogP contribution in [0, 0.1) is 0 Å². The molecular formula is C15H22N2O5S. The van der Waals surface area contributed by atoms with Gasteiger partial charge in [-0.25, -0.2) is 8.42 Å². The molecule has 128 valence electrons. The van der Waals surface area contributed by atoms with E-state index >= 15 is 0 Å². The Morgan fingerprint density at radius 1 is 1.30 bits per heavy atom. The normalized spacial score (nSPS) is 16.9. The predicted molar refractivity (Wildman–Crippen MR) is 86.7 cm³/mol. The molecule has 8 heteroatoms. The molecule has 1 aromatic rings. The average Bonchev–Trinajstić information content (AvgIpc) is 2.54. The molecule has 0 spiro atoms. The Balaban J connectivity index is 2.22. The highest BCUT2D eigenvalue weighted by Crippen LogP contribution is 2.32. The lowest BCUT2D eigenvalue weighted by Gasteiger charge is -2.27. The summed E-state index contributed by atoms with van der Waals surface area (Å²) >= 11 is 0. The summed E-state index contributed by atoms with van der Waals surface area (Å²) in [6.07, 6.45) is 0.660. The molecule has 0 unspecified atom stereocenters. The number of amides is 1. The van der Waals surface area contributed by atoms with E-state index in [2.05, 4.69) is 0 Å². The maximum atomic E-state index is 12.7. The lowest BCUT2D eigenvalue weighted by atomic mass is 10.1. The van der Waals surface area contributed by atoms with Gasteiger partial charge in [0.05, 0.1) is 30.8 Å². The van der Waals surface area contributed by atoms with Gasteiger partial charge < -0.3 is 20.1 Å². The third kappa shape index (κ3) is 4.35. The fraction of sp³-hybridized carbons (Fsp3) is 0.533. The smallest absolute Gasteiger partial charge is 0.257 e. The van der Waals surface area contributed by atoms with Crippen molar-refractivity contribution in [3.8, 4) is 11.5 Å². The first-order chi connectivity index (χ1) is 11.0. The van der Waals surface area contributed by atoms with Crippen molar-refractivity contribution < 1.29 is 22.7 Å². The third-order valence-corrected chi connectivity index (χ3v) is 5.26. The van der Waals surface area contributed by atoms with Gasteiger partial charge in [-0.1, -0.05) is 6.07 Å². The van der Waals surface area contributed by atoms with Crippen LogP contribution in [0.5, 0.6) is 11.5 Å². The Kier molecular flexibility index (Phi) is 5.84.